The topological polar surface area (TPSA) is 29.5 Å². The van der Waals surface area contributed by atoms with Gasteiger partial charge in [0.25, 0.3) is 0 Å². The van der Waals surface area contributed by atoms with E-state index in [0.29, 0.717) is 6.42 Å². The summed E-state index contributed by atoms with van der Waals surface area (Å²) in [6.07, 6.45) is 3.55. The van der Waals surface area contributed by atoms with Gasteiger partial charge in [0.1, 0.15) is 0 Å². The summed E-state index contributed by atoms with van der Waals surface area (Å²) in [5.74, 6) is 0. The van der Waals surface area contributed by atoms with Crippen LogP contribution in [0.4, 0.5) is 0 Å². The second-order valence-electron chi connectivity index (χ2n) is 5.31. The number of benzene rings is 2. The van der Waals surface area contributed by atoms with Crippen LogP contribution >= 0.6 is 0 Å². The molecule has 2 heteroatoms. The van der Waals surface area contributed by atoms with Crippen molar-refractivity contribution in [1.29, 1.82) is 0 Å². The van der Waals surface area contributed by atoms with E-state index in [-0.39, 0.29) is 6.10 Å². The predicted octanol–water partition coefficient (Wildman–Crippen LogP) is 3.31. The van der Waals surface area contributed by atoms with E-state index in [1.165, 1.54) is 16.3 Å². The molecule has 2 aromatic carbocycles. The van der Waals surface area contributed by atoms with E-state index >= 15 is 0 Å². The first-order chi connectivity index (χ1) is 9.34. The number of aliphatic hydroxyl groups excluding tert-OH is 1. The lowest BCUT2D eigenvalue weighted by Crippen LogP contribution is -2.33. The second kappa shape index (κ2) is 5.72. The Kier molecular flexibility index (Phi) is 3.81. The Morgan fingerprint density at radius 1 is 1.11 bits per heavy atom. The van der Waals surface area contributed by atoms with E-state index in [9.17, 15) is 5.11 Å². The largest absolute Gasteiger partial charge is 0.390 e. The zero-order chi connectivity index (χ0) is 13.1. The number of aliphatic hydroxyl groups is 1. The SMILES string of the molecule is OC(Cc1cccc2ccccc12)C1CCCCO1. The van der Waals surface area contributed by atoms with Crippen LogP contribution < -0.4 is 0 Å². The van der Waals surface area contributed by atoms with E-state index in [1.807, 2.05) is 6.07 Å². The summed E-state index contributed by atoms with van der Waals surface area (Å²) in [6.45, 7) is 0.789. The number of fused-ring (bicyclic) bond motifs is 1. The van der Waals surface area contributed by atoms with Gasteiger partial charge in [-0.2, -0.15) is 0 Å². The molecule has 0 aliphatic carbocycles. The molecule has 2 nitrogen and oxygen atoms in total. The van der Waals surface area contributed by atoms with Crippen molar-refractivity contribution in [3.05, 3.63) is 48.0 Å². The fraction of sp³-hybridized carbons (Fsp3) is 0.412. The molecule has 0 saturated carbocycles. The minimum atomic E-state index is -0.397. The highest BCUT2D eigenvalue weighted by Gasteiger charge is 2.23. The van der Waals surface area contributed by atoms with Crippen molar-refractivity contribution in [2.45, 2.75) is 37.9 Å². The Labute approximate surface area is 114 Å². The van der Waals surface area contributed by atoms with Crippen LogP contribution in [0, 0.1) is 0 Å². The summed E-state index contributed by atoms with van der Waals surface area (Å²) in [6, 6.07) is 14.6. The van der Waals surface area contributed by atoms with Gasteiger partial charge in [0.2, 0.25) is 0 Å². The van der Waals surface area contributed by atoms with Gasteiger partial charge in [0.15, 0.2) is 0 Å². The molecule has 0 amide bonds. The molecule has 1 aliphatic heterocycles. The molecule has 0 bridgehead atoms. The molecule has 1 fully saturated rings. The lowest BCUT2D eigenvalue weighted by atomic mass is 9.95. The molecule has 2 unspecified atom stereocenters. The lowest BCUT2D eigenvalue weighted by molar-refractivity contribution is -0.0610. The van der Waals surface area contributed by atoms with Crippen LogP contribution in [0.1, 0.15) is 24.8 Å². The van der Waals surface area contributed by atoms with Crippen molar-refractivity contribution >= 4 is 10.8 Å². The molecule has 2 atom stereocenters. The van der Waals surface area contributed by atoms with Crippen LogP contribution in [-0.2, 0) is 11.2 Å². The van der Waals surface area contributed by atoms with Crippen LogP contribution in [-0.4, -0.2) is 23.9 Å². The first-order valence-electron chi connectivity index (χ1n) is 7.11. The highest BCUT2D eigenvalue weighted by molar-refractivity contribution is 5.85. The summed E-state index contributed by atoms with van der Waals surface area (Å²) >= 11 is 0. The molecule has 3 rings (SSSR count). The number of hydrogen-bond acceptors (Lipinski definition) is 2. The summed E-state index contributed by atoms with van der Waals surface area (Å²) in [7, 11) is 0. The molecule has 1 aliphatic rings. The fourth-order valence-electron chi connectivity index (χ4n) is 2.90. The smallest absolute Gasteiger partial charge is 0.0842 e. The van der Waals surface area contributed by atoms with Crippen molar-refractivity contribution in [2.75, 3.05) is 6.61 Å². The molecule has 1 saturated heterocycles. The van der Waals surface area contributed by atoms with E-state index < -0.39 is 6.10 Å². The quantitative estimate of drug-likeness (QED) is 0.913. The highest BCUT2D eigenvalue weighted by Crippen LogP contribution is 2.23. The Hall–Kier alpha value is -1.38. The Bertz CT molecular complexity index is 538. The molecule has 1 heterocycles. The first-order valence-corrected chi connectivity index (χ1v) is 7.11. The molecule has 0 radical (unpaired) electrons. The van der Waals surface area contributed by atoms with Crippen LogP contribution in [0.5, 0.6) is 0 Å². The van der Waals surface area contributed by atoms with Gasteiger partial charge in [-0.05, 0) is 35.6 Å². The van der Waals surface area contributed by atoms with Crippen molar-refractivity contribution < 1.29 is 9.84 Å². The highest BCUT2D eigenvalue weighted by atomic mass is 16.5. The van der Waals surface area contributed by atoms with Crippen LogP contribution in [0.2, 0.25) is 0 Å². The molecule has 1 N–H and O–H groups in total. The first kappa shape index (κ1) is 12.6. The van der Waals surface area contributed by atoms with Gasteiger partial charge in [0.05, 0.1) is 12.2 Å². The molecule has 0 aromatic heterocycles. The van der Waals surface area contributed by atoms with Gasteiger partial charge < -0.3 is 9.84 Å². The van der Waals surface area contributed by atoms with Gasteiger partial charge in [-0.25, -0.2) is 0 Å². The monoisotopic (exact) mass is 256 g/mol. The number of rotatable bonds is 3. The normalized spacial score (nSPS) is 21.4. The second-order valence-corrected chi connectivity index (χ2v) is 5.31. The lowest BCUT2D eigenvalue weighted by Gasteiger charge is -2.27. The average molecular weight is 256 g/mol. The maximum absolute atomic E-state index is 10.4. The summed E-state index contributed by atoms with van der Waals surface area (Å²) in [4.78, 5) is 0. The maximum Gasteiger partial charge on any atom is 0.0842 e. The van der Waals surface area contributed by atoms with Crippen LogP contribution in [0.15, 0.2) is 42.5 Å². The van der Waals surface area contributed by atoms with Crippen molar-refractivity contribution in [1.82, 2.24) is 0 Å². The molecule has 0 spiro atoms. The van der Waals surface area contributed by atoms with E-state index in [1.54, 1.807) is 0 Å². The Morgan fingerprint density at radius 2 is 1.95 bits per heavy atom. The summed E-state index contributed by atoms with van der Waals surface area (Å²) < 4.78 is 5.67. The third-order valence-corrected chi connectivity index (χ3v) is 3.95. The van der Waals surface area contributed by atoms with Gasteiger partial charge in [-0.1, -0.05) is 42.5 Å². The van der Waals surface area contributed by atoms with E-state index in [0.717, 1.165) is 25.9 Å². The number of hydrogen-bond donors (Lipinski definition) is 1. The Balaban J connectivity index is 1.80. The van der Waals surface area contributed by atoms with Gasteiger partial charge in [-0.3, -0.25) is 0 Å². The predicted molar refractivity (Wildman–Crippen MR) is 77.2 cm³/mol. The molecule has 19 heavy (non-hydrogen) atoms. The molecule has 100 valence electrons. The Morgan fingerprint density at radius 3 is 2.79 bits per heavy atom. The molecule has 2 aromatic rings. The standard InChI is InChI=1S/C17H20O2/c18-16(17-10-3-4-11-19-17)12-14-8-5-7-13-6-1-2-9-15(13)14/h1-2,5-9,16-18H,3-4,10-12H2. The molecular weight excluding hydrogens is 236 g/mol. The van der Waals surface area contributed by atoms with Crippen molar-refractivity contribution in [3.63, 3.8) is 0 Å². The zero-order valence-electron chi connectivity index (χ0n) is 11.1. The minimum Gasteiger partial charge on any atom is -0.390 e. The average Bonchev–Trinajstić information content (AvgIpc) is 2.48. The molecular formula is C17H20O2. The van der Waals surface area contributed by atoms with Crippen molar-refractivity contribution in [3.8, 4) is 0 Å². The number of ether oxygens (including phenoxy) is 1. The van der Waals surface area contributed by atoms with Gasteiger partial charge in [-0.15, -0.1) is 0 Å². The minimum absolute atomic E-state index is 0.00715. The van der Waals surface area contributed by atoms with Gasteiger partial charge >= 0.3 is 0 Å². The maximum atomic E-state index is 10.4. The third kappa shape index (κ3) is 2.80. The fourth-order valence-corrected chi connectivity index (χ4v) is 2.90. The third-order valence-electron chi connectivity index (χ3n) is 3.95. The van der Waals surface area contributed by atoms with E-state index in [2.05, 4.69) is 36.4 Å². The zero-order valence-corrected chi connectivity index (χ0v) is 11.1. The van der Waals surface area contributed by atoms with Crippen LogP contribution in [0.25, 0.3) is 10.8 Å². The van der Waals surface area contributed by atoms with Gasteiger partial charge in [0, 0.05) is 13.0 Å². The summed E-state index contributed by atoms with van der Waals surface area (Å²) in [5, 5.41) is 12.8. The van der Waals surface area contributed by atoms with E-state index in [4.69, 9.17) is 4.74 Å². The summed E-state index contributed by atoms with van der Waals surface area (Å²) in [5.41, 5.74) is 1.21. The van der Waals surface area contributed by atoms with Crippen LogP contribution in [0.3, 0.4) is 0 Å². The van der Waals surface area contributed by atoms with Crippen molar-refractivity contribution in [2.24, 2.45) is 0 Å².